The van der Waals surface area contributed by atoms with E-state index >= 15 is 0 Å². The number of carbonyl (C=O) groups excluding carboxylic acids is 1. The van der Waals surface area contributed by atoms with Gasteiger partial charge in [-0.1, -0.05) is 0 Å². The second kappa shape index (κ2) is 3.73. The van der Waals surface area contributed by atoms with Gasteiger partial charge in [0.2, 0.25) is 5.91 Å². The summed E-state index contributed by atoms with van der Waals surface area (Å²) in [6, 6.07) is -0.383. The van der Waals surface area contributed by atoms with Crippen LogP contribution in [0.1, 0.15) is 19.8 Å². The molecule has 0 aromatic carbocycles. The summed E-state index contributed by atoms with van der Waals surface area (Å²) in [5.74, 6) is -0.0532. The van der Waals surface area contributed by atoms with Gasteiger partial charge in [0.05, 0.1) is 18.7 Å². The van der Waals surface area contributed by atoms with Gasteiger partial charge in [-0.05, 0) is 13.3 Å². The maximum Gasteiger partial charge on any atom is 0.239 e. The average molecular weight is 214 g/mol. The van der Waals surface area contributed by atoms with E-state index in [2.05, 4.69) is 0 Å². The molecular weight excluding hydrogens is 196 g/mol. The van der Waals surface area contributed by atoms with E-state index < -0.39 is 5.60 Å². The van der Waals surface area contributed by atoms with E-state index in [9.17, 15) is 9.90 Å². The Balaban J connectivity index is 2.00. The minimum atomic E-state index is -0.889. The fourth-order valence-electron chi connectivity index (χ4n) is 2.23. The van der Waals surface area contributed by atoms with Gasteiger partial charge in [0, 0.05) is 19.6 Å². The van der Waals surface area contributed by atoms with E-state index in [1.165, 1.54) is 0 Å². The fourth-order valence-corrected chi connectivity index (χ4v) is 2.23. The Labute approximate surface area is 89.2 Å². The molecule has 0 aromatic heterocycles. The van der Waals surface area contributed by atoms with Gasteiger partial charge in [0.1, 0.15) is 5.60 Å². The Kier molecular flexibility index (Phi) is 2.70. The highest BCUT2D eigenvalue weighted by molar-refractivity contribution is 5.83. The van der Waals surface area contributed by atoms with Crippen LogP contribution in [0.5, 0.6) is 0 Å². The molecule has 0 spiro atoms. The molecule has 0 bridgehead atoms. The minimum Gasteiger partial charge on any atom is -0.385 e. The largest absolute Gasteiger partial charge is 0.385 e. The maximum absolute atomic E-state index is 11.6. The molecule has 0 radical (unpaired) electrons. The fraction of sp³-hybridized carbons (Fsp3) is 0.900. The van der Waals surface area contributed by atoms with Crippen molar-refractivity contribution in [1.29, 1.82) is 0 Å². The molecule has 2 rings (SSSR count). The topological polar surface area (TPSA) is 75.8 Å². The Bertz CT molecular complexity index is 271. The van der Waals surface area contributed by atoms with Crippen molar-refractivity contribution in [2.24, 2.45) is 5.73 Å². The van der Waals surface area contributed by atoms with Crippen LogP contribution in [-0.4, -0.2) is 53.4 Å². The van der Waals surface area contributed by atoms with Crippen LogP contribution >= 0.6 is 0 Å². The van der Waals surface area contributed by atoms with Crippen LogP contribution in [0, 0.1) is 0 Å². The number of hydrogen-bond acceptors (Lipinski definition) is 4. The van der Waals surface area contributed by atoms with Crippen molar-refractivity contribution in [3.8, 4) is 0 Å². The van der Waals surface area contributed by atoms with Gasteiger partial charge in [-0.15, -0.1) is 0 Å². The first-order valence-electron chi connectivity index (χ1n) is 5.41. The molecule has 3 N–H and O–H groups in total. The summed E-state index contributed by atoms with van der Waals surface area (Å²) in [6.07, 6.45) is 1.07. The molecule has 15 heavy (non-hydrogen) atoms. The molecule has 2 saturated heterocycles. The number of amides is 1. The lowest BCUT2D eigenvalue weighted by molar-refractivity contribution is -0.133. The van der Waals surface area contributed by atoms with E-state index in [1.54, 1.807) is 4.90 Å². The van der Waals surface area contributed by atoms with Crippen molar-refractivity contribution in [2.45, 2.75) is 37.5 Å². The van der Waals surface area contributed by atoms with Crippen molar-refractivity contribution in [3.05, 3.63) is 0 Å². The average Bonchev–Trinajstić information content (AvgIpc) is 2.66. The van der Waals surface area contributed by atoms with Crippen LogP contribution in [0.3, 0.4) is 0 Å². The summed E-state index contributed by atoms with van der Waals surface area (Å²) in [7, 11) is 0. The van der Waals surface area contributed by atoms with Crippen LogP contribution in [0.25, 0.3) is 0 Å². The number of ether oxygens (including phenoxy) is 1. The Hall–Kier alpha value is -0.650. The van der Waals surface area contributed by atoms with E-state index in [0.717, 1.165) is 0 Å². The molecular formula is C10H18N2O3. The number of rotatable bonds is 2. The predicted octanol–water partition coefficient (Wildman–Crippen LogP) is -0.914. The smallest absolute Gasteiger partial charge is 0.239 e. The molecule has 2 aliphatic rings. The SMILES string of the molecule is CC1OCCC1(O)CN1CCC(N)C1=O. The Morgan fingerprint density at radius 2 is 2.47 bits per heavy atom. The number of carbonyl (C=O) groups is 1. The molecule has 0 saturated carbocycles. The second-order valence-corrected chi connectivity index (χ2v) is 4.52. The molecule has 0 aliphatic carbocycles. The molecule has 2 aliphatic heterocycles. The number of nitrogens with zero attached hydrogens (tertiary/aromatic N) is 1. The van der Waals surface area contributed by atoms with E-state index in [-0.39, 0.29) is 18.1 Å². The van der Waals surface area contributed by atoms with Crippen molar-refractivity contribution in [3.63, 3.8) is 0 Å². The zero-order valence-electron chi connectivity index (χ0n) is 8.98. The lowest BCUT2D eigenvalue weighted by atomic mass is 9.96. The number of hydrogen-bond donors (Lipinski definition) is 2. The van der Waals surface area contributed by atoms with Gasteiger partial charge in [-0.25, -0.2) is 0 Å². The van der Waals surface area contributed by atoms with Crippen LogP contribution in [-0.2, 0) is 9.53 Å². The van der Waals surface area contributed by atoms with Gasteiger partial charge >= 0.3 is 0 Å². The highest BCUT2D eigenvalue weighted by Crippen LogP contribution is 2.27. The predicted molar refractivity (Wildman–Crippen MR) is 54.2 cm³/mol. The summed E-state index contributed by atoms with van der Waals surface area (Å²) < 4.78 is 5.32. The second-order valence-electron chi connectivity index (χ2n) is 4.52. The monoisotopic (exact) mass is 214 g/mol. The van der Waals surface area contributed by atoms with Crippen molar-refractivity contribution in [1.82, 2.24) is 4.90 Å². The maximum atomic E-state index is 11.6. The third kappa shape index (κ3) is 1.87. The molecule has 2 heterocycles. The highest BCUT2D eigenvalue weighted by Gasteiger charge is 2.43. The number of β-amino-alcohol motifs (C(OH)–C–C–N with tert-alkyl or cyclic N) is 1. The summed E-state index contributed by atoms with van der Waals surface area (Å²) in [6.45, 7) is 3.40. The lowest BCUT2D eigenvalue weighted by Crippen LogP contribution is -2.49. The Morgan fingerprint density at radius 1 is 1.73 bits per heavy atom. The van der Waals surface area contributed by atoms with E-state index in [0.29, 0.717) is 32.5 Å². The van der Waals surface area contributed by atoms with Crippen LogP contribution < -0.4 is 5.73 Å². The van der Waals surface area contributed by atoms with Crippen molar-refractivity contribution < 1.29 is 14.6 Å². The third-order valence-corrected chi connectivity index (χ3v) is 3.46. The van der Waals surface area contributed by atoms with Crippen molar-refractivity contribution in [2.75, 3.05) is 19.7 Å². The van der Waals surface area contributed by atoms with Crippen molar-refractivity contribution >= 4 is 5.91 Å². The molecule has 5 heteroatoms. The normalized spacial score (nSPS) is 41.5. The van der Waals surface area contributed by atoms with E-state index in [4.69, 9.17) is 10.5 Å². The highest BCUT2D eigenvalue weighted by atomic mass is 16.5. The number of nitrogens with two attached hydrogens (primary N) is 1. The summed E-state index contributed by atoms with van der Waals surface area (Å²) >= 11 is 0. The first-order valence-corrected chi connectivity index (χ1v) is 5.41. The van der Waals surface area contributed by atoms with Gasteiger partial charge in [-0.2, -0.15) is 0 Å². The minimum absolute atomic E-state index is 0.0532. The molecule has 1 amide bonds. The molecule has 2 fully saturated rings. The van der Waals surface area contributed by atoms with Gasteiger partial charge in [0.15, 0.2) is 0 Å². The first kappa shape index (κ1) is 10.9. The van der Waals surface area contributed by atoms with Crippen LogP contribution in [0.2, 0.25) is 0 Å². The van der Waals surface area contributed by atoms with Crippen LogP contribution in [0.15, 0.2) is 0 Å². The quantitative estimate of drug-likeness (QED) is 0.623. The molecule has 86 valence electrons. The standard InChI is InChI=1S/C10H18N2O3/c1-7-10(14,3-5-15-7)6-12-4-2-8(11)9(12)13/h7-8,14H,2-6,11H2,1H3. The first-order chi connectivity index (χ1) is 7.03. The summed E-state index contributed by atoms with van der Waals surface area (Å²) in [5.41, 5.74) is 4.73. The zero-order chi connectivity index (χ0) is 11.1. The van der Waals surface area contributed by atoms with E-state index in [1.807, 2.05) is 6.92 Å². The number of likely N-dealkylation sites (tertiary alicyclic amines) is 1. The third-order valence-electron chi connectivity index (χ3n) is 3.46. The molecule has 3 atom stereocenters. The molecule has 0 aromatic rings. The van der Waals surface area contributed by atoms with Gasteiger partial charge < -0.3 is 20.5 Å². The summed E-state index contributed by atoms with van der Waals surface area (Å²) in [5, 5.41) is 10.3. The van der Waals surface area contributed by atoms with Crippen LogP contribution in [0.4, 0.5) is 0 Å². The number of aliphatic hydroxyl groups is 1. The zero-order valence-corrected chi connectivity index (χ0v) is 8.98. The molecule has 3 unspecified atom stereocenters. The lowest BCUT2D eigenvalue weighted by Gasteiger charge is -2.30. The Morgan fingerprint density at radius 3 is 2.93 bits per heavy atom. The molecule has 5 nitrogen and oxygen atoms in total. The van der Waals surface area contributed by atoms with Gasteiger partial charge in [0.25, 0.3) is 0 Å². The summed E-state index contributed by atoms with van der Waals surface area (Å²) in [4.78, 5) is 13.2. The van der Waals surface area contributed by atoms with Gasteiger partial charge in [-0.3, -0.25) is 4.79 Å².